The minimum absolute atomic E-state index is 0.639. The van der Waals surface area contributed by atoms with Crippen LogP contribution in [0, 0.1) is 0 Å². The van der Waals surface area contributed by atoms with Crippen molar-refractivity contribution in [1.29, 1.82) is 0 Å². The van der Waals surface area contributed by atoms with Crippen LogP contribution in [0.2, 0.25) is 5.02 Å². The molecule has 1 N–H and O–H groups in total. The molecule has 2 rings (SSSR count). The molecule has 0 aliphatic heterocycles. The van der Waals surface area contributed by atoms with E-state index in [1.807, 2.05) is 30.3 Å². The largest absolute Gasteiger partial charge is 0.496 e. The highest BCUT2D eigenvalue weighted by Gasteiger charge is 2.06. The Morgan fingerprint density at radius 2 is 2.11 bits per heavy atom. The van der Waals surface area contributed by atoms with Gasteiger partial charge in [-0.15, -0.1) is 0 Å². The van der Waals surface area contributed by atoms with E-state index in [2.05, 4.69) is 26.2 Å². The van der Waals surface area contributed by atoms with Crippen LogP contribution in [0.1, 0.15) is 11.3 Å². The monoisotopic (exact) mass is 340 g/mol. The van der Waals surface area contributed by atoms with Gasteiger partial charge in [0.15, 0.2) is 0 Å². The molecule has 1 aromatic carbocycles. The lowest BCUT2D eigenvalue weighted by Crippen LogP contribution is -2.14. The number of ether oxygens (including phenoxy) is 1. The summed E-state index contributed by atoms with van der Waals surface area (Å²) in [5.74, 6) is 0.795. The van der Waals surface area contributed by atoms with Crippen LogP contribution >= 0.6 is 27.5 Å². The lowest BCUT2D eigenvalue weighted by molar-refractivity contribution is 0.407. The molecule has 0 fully saturated rings. The van der Waals surface area contributed by atoms with Crippen molar-refractivity contribution < 1.29 is 4.74 Å². The van der Waals surface area contributed by atoms with Gasteiger partial charge >= 0.3 is 0 Å². The Morgan fingerprint density at radius 3 is 2.79 bits per heavy atom. The van der Waals surface area contributed by atoms with Gasteiger partial charge < -0.3 is 10.1 Å². The fourth-order valence-corrected chi connectivity index (χ4v) is 2.20. The number of aromatic nitrogens is 1. The van der Waals surface area contributed by atoms with Crippen LogP contribution in [0.25, 0.3) is 0 Å². The number of rotatable bonds is 5. The second-order valence-corrected chi connectivity index (χ2v) is 5.31. The predicted octanol–water partition coefficient (Wildman–Crippen LogP) is 3.80. The fourth-order valence-electron chi connectivity index (χ4n) is 1.73. The maximum absolute atomic E-state index is 6.17. The first-order valence-electron chi connectivity index (χ1n) is 5.83. The zero-order valence-electron chi connectivity index (χ0n) is 10.5. The molecule has 3 nitrogen and oxygen atoms in total. The molecular weight excluding hydrogens is 328 g/mol. The molecule has 2 aromatic rings. The number of halogens is 2. The van der Waals surface area contributed by atoms with Crippen molar-refractivity contribution in [3.63, 3.8) is 0 Å². The molecule has 0 spiro atoms. The van der Waals surface area contributed by atoms with Crippen molar-refractivity contribution in [2.75, 3.05) is 7.11 Å². The standard InChI is InChI=1S/C14H14BrClN2O/c1-19-14-4-2-3-13(16)12(14)9-17-8-11-6-5-10(15)7-18-11/h2-7,17H,8-9H2,1H3. The van der Waals surface area contributed by atoms with Crippen molar-refractivity contribution in [3.8, 4) is 5.75 Å². The Balaban J connectivity index is 1.97. The zero-order chi connectivity index (χ0) is 13.7. The van der Waals surface area contributed by atoms with Gasteiger partial charge in [-0.2, -0.15) is 0 Å². The van der Waals surface area contributed by atoms with Crippen LogP contribution in [0.15, 0.2) is 41.0 Å². The van der Waals surface area contributed by atoms with Crippen LogP contribution < -0.4 is 10.1 Å². The molecule has 19 heavy (non-hydrogen) atoms. The lowest BCUT2D eigenvalue weighted by atomic mass is 10.2. The van der Waals surface area contributed by atoms with Crippen molar-refractivity contribution in [2.24, 2.45) is 0 Å². The molecule has 0 aliphatic rings. The van der Waals surface area contributed by atoms with Crippen LogP contribution in [0.5, 0.6) is 5.75 Å². The molecule has 5 heteroatoms. The zero-order valence-corrected chi connectivity index (χ0v) is 12.8. The topological polar surface area (TPSA) is 34.1 Å². The highest BCUT2D eigenvalue weighted by molar-refractivity contribution is 9.10. The minimum atomic E-state index is 0.639. The summed E-state index contributed by atoms with van der Waals surface area (Å²) in [5, 5.41) is 4.02. The molecule has 0 saturated heterocycles. The molecule has 1 aromatic heterocycles. The van der Waals surface area contributed by atoms with Crippen molar-refractivity contribution in [3.05, 3.63) is 57.3 Å². The SMILES string of the molecule is COc1cccc(Cl)c1CNCc1ccc(Br)cn1. The van der Waals surface area contributed by atoms with E-state index in [1.165, 1.54) is 0 Å². The van der Waals surface area contributed by atoms with E-state index in [0.29, 0.717) is 18.1 Å². The predicted molar refractivity (Wildman–Crippen MR) is 80.5 cm³/mol. The summed E-state index contributed by atoms with van der Waals surface area (Å²) in [5.41, 5.74) is 1.94. The Hall–Kier alpha value is -1.10. The van der Waals surface area contributed by atoms with Gasteiger partial charge in [0.2, 0.25) is 0 Å². The minimum Gasteiger partial charge on any atom is -0.496 e. The van der Waals surface area contributed by atoms with Gasteiger partial charge in [-0.05, 0) is 40.2 Å². The molecule has 100 valence electrons. The van der Waals surface area contributed by atoms with E-state index in [0.717, 1.165) is 21.5 Å². The van der Waals surface area contributed by atoms with Crippen molar-refractivity contribution in [2.45, 2.75) is 13.1 Å². The summed E-state index contributed by atoms with van der Waals surface area (Å²) >= 11 is 9.53. The van der Waals surface area contributed by atoms with Gasteiger partial charge in [-0.1, -0.05) is 17.7 Å². The first-order valence-corrected chi connectivity index (χ1v) is 7.00. The highest BCUT2D eigenvalue weighted by atomic mass is 79.9. The van der Waals surface area contributed by atoms with Crippen LogP contribution in [0.3, 0.4) is 0 Å². The van der Waals surface area contributed by atoms with Gasteiger partial charge in [0.1, 0.15) is 5.75 Å². The number of nitrogens with zero attached hydrogens (tertiary/aromatic N) is 1. The molecule has 0 bridgehead atoms. The Bertz CT molecular complexity index is 546. The van der Waals surface area contributed by atoms with Crippen LogP contribution in [-0.2, 0) is 13.1 Å². The van der Waals surface area contributed by atoms with Crippen LogP contribution in [-0.4, -0.2) is 12.1 Å². The third-order valence-electron chi connectivity index (χ3n) is 2.69. The number of nitrogens with one attached hydrogen (secondary N) is 1. The van der Waals surface area contributed by atoms with Gasteiger partial charge in [0.25, 0.3) is 0 Å². The maximum atomic E-state index is 6.17. The van der Waals surface area contributed by atoms with Crippen LogP contribution in [0.4, 0.5) is 0 Å². The average molecular weight is 342 g/mol. The first-order chi connectivity index (χ1) is 9.20. The normalized spacial score (nSPS) is 10.5. The molecule has 1 heterocycles. The second kappa shape index (κ2) is 6.89. The summed E-state index contributed by atoms with van der Waals surface area (Å²) in [7, 11) is 1.64. The molecule has 0 amide bonds. The molecule has 0 radical (unpaired) electrons. The van der Waals surface area contributed by atoms with Crippen molar-refractivity contribution >= 4 is 27.5 Å². The Morgan fingerprint density at radius 1 is 1.26 bits per heavy atom. The molecule has 0 unspecified atom stereocenters. The Labute approximate surface area is 126 Å². The van der Waals surface area contributed by atoms with E-state index in [-0.39, 0.29) is 0 Å². The van der Waals surface area contributed by atoms with Crippen molar-refractivity contribution in [1.82, 2.24) is 10.3 Å². The summed E-state index contributed by atoms with van der Waals surface area (Å²) in [4.78, 5) is 4.30. The van der Waals surface area contributed by atoms with E-state index in [1.54, 1.807) is 13.3 Å². The number of pyridine rings is 1. The average Bonchev–Trinajstić information content (AvgIpc) is 2.42. The molecule has 0 aliphatic carbocycles. The van der Waals surface area contributed by atoms with E-state index >= 15 is 0 Å². The van der Waals surface area contributed by atoms with E-state index in [9.17, 15) is 0 Å². The fraction of sp³-hybridized carbons (Fsp3) is 0.214. The van der Waals surface area contributed by atoms with Gasteiger partial charge in [-0.25, -0.2) is 0 Å². The third-order valence-corrected chi connectivity index (χ3v) is 3.52. The quantitative estimate of drug-likeness (QED) is 0.898. The summed E-state index contributed by atoms with van der Waals surface area (Å²) in [6.07, 6.45) is 1.78. The Kier molecular flexibility index (Phi) is 5.19. The highest BCUT2D eigenvalue weighted by Crippen LogP contribution is 2.25. The number of benzene rings is 1. The molecule has 0 atom stereocenters. The summed E-state index contributed by atoms with van der Waals surface area (Å²) in [6, 6.07) is 9.59. The number of hydrogen-bond acceptors (Lipinski definition) is 3. The lowest BCUT2D eigenvalue weighted by Gasteiger charge is -2.11. The van der Waals surface area contributed by atoms with Gasteiger partial charge in [0.05, 0.1) is 12.8 Å². The first kappa shape index (κ1) is 14.3. The smallest absolute Gasteiger partial charge is 0.124 e. The molecular formula is C14H14BrClN2O. The number of hydrogen-bond donors (Lipinski definition) is 1. The summed E-state index contributed by atoms with van der Waals surface area (Å²) in [6.45, 7) is 1.32. The van der Waals surface area contributed by atoms with E-state index < -0.39 is 0 Å². The summed E-state index contributed by atoms with van der Waals surface area (Å²) < 4.78 is 6.27. The van der Waals surface area contributed by atoms with E-state index in [4.69, 9.17) is 16.3 Å². The molecule has 0 saturated carbocycles. The van der Waals surface area contributed by atoms with Gasteiger partial charge in [0, 0.05) is 34.3 Å². The maximum Gasteiger partial charge on any atom is 0.124 e. The second-order valence-electron chi connectivity index (χ2n) is 3.99. The third kappa shape index (κ3) is 3.93. The number of methoxy groups -OCH3 is 1. The van der Waals surface area contributed by atoms with Gasteiger partial charge in [-0.3, -0.25) is 4.98 Å².